The summed E-state index contributed by atoms with van der Waals surface area (Å²) in [6.07, 6.45) is 0. The maximum Gasteiger partial charge on any atom is 0.368 e. The van der Waals surface area contributed by atoms with Crippen LogP contribution in [-0.4, -0.2) is 19.8 Å². The third kappa shape index (κ3) is 3.61. The van der Waals surface area contributed by atoms with Gasteiger partial charge in [0.2, 0.25) is 0 Å². The first-order valence-corrected chi connectivity index (χ1v) is 10.2. The highest BCUT2D eigenvalue weighted by Gasteiger charge is 2.14. The fourth-order valence-electron chi connectivity index (χ4n) is 3.31. The van der Waals surface area contributed by atoms with E-state index in [-0.39, 0.29) is 5.69 Å². The van der Waals surface area contributed by atoms with Crippen molar-refractivity contribution in [3.8, 4) is 21.9 Å². The first-order valence-electron chi connectivity index (χ1n) is 9.31. The molecule has 148 valence electrons. The molecular weight excluding hydrogens is 384 g/mol. The van der Waals surface area contributed by atoms with Gasteiger partial charge in [0.15, 0.2) is 0 Å². The van der Waals surface area contributed by atoms with Gasteiger partial charge in [-0.25, -0.2) is 4.79 Å². The van der Waals surface area contributed by atoms with E-state index >= 15 is 0 Å². The number of ether oxygens (including phenoxy) is 1. The second kappa shape index (κ2) is 7.67. The minimum atomic E-state index is -0.288. The van der Waals surface area contributed by atoms with Gasteiger partial charge in [0, 0.05) is 17.5 Å². The van der Waals surface area contributed by atoms with E-state index in [0.717, 1.165) is 22.4 Å². The minimum absolute atomic E-state index is 0.288. The summed E-state index contributed by atoms with van der Waals surface area (Å²) in [5, 5.41) is 9.89. The fourth-order valence-corrected chi connectivity index (χ4v) is 4.23. The monoisotopic (exact) mass is 406 g/mol. The van der Waals surface area contributed by atoms with Gasteiger partial charge in [0.1, 0.15) is 12.4 Å². The molecule has 0 radical (unpaired) electrons. The molecule has 0 unspecified atom stereocenters. The zero-order valence-corrected chi connectivity index (χ0v) is 17.7. The van der Waals surface area contributed by atoms with Gasteiger partial charge in [-0.05, 0) is 89.2 Å². The van der Waals surface area contributed by atoms with Crippen molar-refractivity contribution in [2.75, 3.05) is 0 Å². The molecule has 7 heteroatoms. The molecule has 0 aliphatic carbocycles. The molecule has 2 heterocycles. The Labute approximate surface area is 173 Å². The van der Waals surface area contributed by atoms with Gasteiger partial charge < -0.3 is 4.74 Å². The van der Waals surface area contributed by atoms with E-state index in [1.165, 1.54) is 25.4 Å². The van der Waals surface area contributed by atoms with Crippen LogP contribution in [0.25, 0.3) is 16.1 Å². The van der Waals surface area contributed by atoms with Gasteiger partial charge in [0.05, 0.1) is 5.69 Å². The molecule has 4 aromatic rings. The highest BCUT2D eigenvalue weighted by Crippen LogP contribution is 2.32. The maximum absolute atomic E-state index is 12.3. The molecule has 6 nitrogen and oxygen atoms in total. The Balaban J connectivity index is 1.62. The number of tetrazole rings is 1. The molecule has 0 amide bonds. The second-order valence-corrected chi connectivity index (χ2v) is 7.99. The van der Waals surface area contributed by atoms with Crippen LogP contribution in [0.15, 0.2) is 52.6 Å². The fraction of sp³-hybridized carbons (Fsp3) is 0.227. The molecule has 0 fully saturated rings. The molecule has 0 saturated carbocycles. The second-order valence-electron chi connectivity index (χ2n) is 7.07. The maximum atomic E-state index is 12.3. The van der Waals surface area contributed by atoms with Crippen LogP contribution in [0.5, 0.6) is 5.75 Å². The zero-order valence-electron chi connectivity index (χ0n) is 16.8. The molecule has 0 spiro atoms. The summed E-state index contributed by atoms with van der Waals surface area (Å²) >= 11 is 1.74. The Hall–Kier alpha value is -3.19. The lowest BCUT2D eigenvalue weighted by molar-refractivity contribution is 0.302. The molecule has 0 bridgehead atoms. The third-order valence-corrected chi connectivity index (χ3v) is 6.07. The van der Waals surface area contributed by atoms with Crippen molar-refractivity contribution in [3.05, 3.63) is 80.6 Å². The van der Waals surface area contributed by atoms with Crippen LogP contribution < -0.4 is 10.4 Å². The summed E-state index contributed by atoms with van der Waals surface area (Å²) in [4.78, 5) is 13.6. The van der Waals surface area contributed by atoms with Crippen LogP contribution in [0.3, 0.4) is 0 Å². The summed E-state index contributed by atoms with van der Waals surface area (Å²) < 4.78 is 8.67. The molecule has 0 N–H and O–H groups in total. The molecular formula is C22H22N4O2S. The van der Waals surface area contributed by atoms with Crippen molar-refractivity contribution < 1.29 is 4.74 Å². The Morgan fingerprint density at radius 1 is 1.00 bits per heavy atom. The molecule has 0 aliphatic rings. The van der Waals surface area contributed by atoms with E-state index in [4.69, 9.17) is 4.74 Å². The predicted octanol–water partition coefficient (Wildman–Crippen LogP) is 4.20. The average Bonchev–Trinajstić information content (AvgIpc) is 3.27. The number of aryl methyl sites for hydroxylation is 4. The number of hydrogen-bond acceptors (Lipinski definition) is 5. The van der Waals surface area contributed by atoms with Crippen LogP contribution in [0.2, 0.25) is 0 Å². The summed E-state index contributed by atoms with van der Waals surface area (Å²) in [7, 11) is 1.58. The summed E-state index contributed by atoms with van der Waals surface area (Å²) in [6.45, 7) is 6.51. The number of nitrogens with zero attached hydrogens (tertiary/aromatic N) is 4. The minimum Gasteiger partial charge on any atom is -0.489 e. The SMILES string of the molecule is Cc1cc(-c2sccc2C)ccc1OCc1c(C)cccc1-n1nnn(C)c1=O. The first kappa shape index (κ1) is 19.1. The Morgan fingerprint density at radius 3 is 2.48 bits per heavy atom. The molecule has 0 atom stereocenters. The van der Waals surface area contributed by atoms with E-state index in [2.05, 4.69) is 40.9 Å². The standard InChI is InChI=1S/C22H22N4O2S/c1-14-6-5-7-19(26-22(27)25(4)23-24-26)18(14)13-28-20-9-8-17(12-16(20)3)21-15(2)10-11-29-21/h5-12H,13H2,1-4H3. The zero-order chi connectivity index (χ0) is 20.5. The molecule has 2 aromatic heterocycles. The molecule has 29 heavy (non-hydrogen) atoms. The average molecular weight is 407 g/mol. The topological polar surface area (TPSA) is 61.9 Å². The quantitative estimate of drug-likeness (QED) is 0.498. The molecule has 2 aromatic carbocycles. The van der Waals surface area contributed by atoms with Gasteiger partial charge >= 0.3 is 5.69 Å². The van der Waals surface area contributed by atoms with E-state index in [0.29, 0.717) is 12.3 Å². The van der Waals surface area contributed by atoms with Gasteiger partial charge in [-0.1, -0.05) is 12.1 Å². The number of thiophene rings is 1. The predicted molar refractivity (Wildman–Crippen MR) is 115 cm³/mol. The largest absolute Gasteiger partial charge is 0.489 e. The number of benzene rings is 2. The van der Waals surface area contributed by atoms with Crippen LogP contribution >= 0.6 is 11.3 Å². The van der Waals surface area contributed by atoms with Crippen LogP contribution in [-0.2, 0) is 13.7 Å². The van der Waals surface area contributed by atoms with E-state index < -0.39 is 0 Å². The number of rotatable bonds is 5. The Kier molecular flexibility index (Phi) is 5.07. The van der Waals surface area contributed by atoms with Gasteiger partial charge in [0.25, 0.3) is 0 Å². The highest BCUT2D eigenvalue weighted by atomic mass is 32.1. The van der Waals surface area contributed by atoms with Crippen LogP contribution in [0.4, 0.5) is 0 Å². The lowest BCUT2D eigenvalue weighted by atomic mass is 10.1. The number of hydrogen-bond donors (Lipinski definition) is 0. The summed E-state index contributed by atoms with van der Waals surface area (Å²) in [6, 6.07) is 14.1. The third-order valence-electron chi connectivity index (χ3n) is 5.01. The lowest BCUT2D eigenvalue weighted by Gasteiger charge is -2.15. The van der Waals surface area contributed by atoms with Crippen molar-refractivity contribution in [1.29, 1.82) is 0 Å². The van der Waals surface area contributed by atoms with Gasteiger partial charge in [-0.2, -0.15) is 9.36 Å². The molecule has 0 saturated heterocycles. The van der Waals surface area contributed by atoms with E-state index in [1.54, 1.807) is 18.4 Å². The van der Waals surface area contributed by atoms with Crippen molar-refractivity contribution in [2.24, 2.45) is 7.05 Å². The van der Waals surface area contributed by atoms with Gasteiger partial charge in [-0.3, -0.25) is 0 Å². The van der Waals surface area contributed by atoms with Crippen molar-refractivity contribution in [1.82, 2.24) is 19.8 Å². The van der Waals surface area contributed by atoms with Gasteiger partial charge in [-0.15, -0.1) is 11.3 Å². The molecule has 4 rings (SSSR count). The highest BCUT2D eigenvalue weighted by molar-refractivity contribution is 7.13. The van der Waals surface area contributed by atoms with Crippen LogP contribution in [0, 0.1) is 20.8 Å². The van der Waals surface area contributed by atoms with E-state index in [1.807, 2.05) is 38.1 Å². The summed E-state index contributed by atoms with van der Waals surface area (Å²) in [5.41, 5.74) is 5.89. The first-order chi connectivity index (χ1) is 14.0. The summed E-state index contributed by atoms with van der Waals surface area (Å²) in [5.74, 6) is 0.823. The normalized spacial score (nSPS) is 11.0. The Morgan fingerprint density at radius 2 is 1.83 bits per heavy atom. The van der Waals surface area contributed by atoms with Crippen molar-refractivity contribution in [2.45, 2.75) is 27.4 Å². The smallest absolute Gasteiger partial charge is 0.368 e. The molecule has 0 aliphatic heterocycles. The Bertz CT molecular complexity index is 1240. The van der Waals surface area contributed by atoms with E-state index in [9.17, 15) is 4.79 Å². The van der Waals surface area contributed by atoms with Crippen molar-refractivity contribution in [3.63, 3.8) is 0 Å². The lowest BCUT2D eigenvalue weighted by Crippen LogP contribution is -2.23. The van der Waals surface area contributed by atoms with Crippen LogP contribution in [0.1, 0.15) is 22.3 Å². The number of aromatic nitrogens is 4. The van der Waals surface area contributed by atoms with Crippen molar-refractivity contribution >= 4 is 11.3 Å².